The second-order valence-electron chi connectivity index (χ2n) is 4.63. The summed E-state index contributed by atoms with van der Waals surface area (Å²) in [7, 11) is 5.40. The molecule has 0 amide bonds. The third kappa shape index (κ3) is 4.46. The summed E-state index contributed by atoms with van der Waals surface area (Å²) in [6, 6.07) is 6.18. The molecule has 0 saturated carbocycles. The molecule has 0 aliphatic carbocycles. The molecule has 19 heavy (non-hydrogen) atoms. The van der Waals surface area contributed by atoms with Crippen LogP contribution in [0, 0.1) is 18.3 Å². The van der Waals surface area contributed by atoms with Gasteiger partial charge in [-0.15, -0.1) is 0 Å². The molecule has 0 N–H and O–H groups in total. The monoisotopic (exact) mass is 262 g/mol. The number of hydrogen-bond donors (Lipinski definition) is 0. The number of unbranched alkanes of at least 4 members (excludes halogenated alkanes) is 1. The van der Waals surface area contributed by atoms with E-state index in [2.05, 4.69) is 11.0 Å². The summed E-state index contributed by atoms with van der Waals surface area (Å²) in [5, 5.41) is 8.54. The van der Waals surface area contributed by atoms with Gasteiger partial charge in [0.2, 0.25) is 0 Å². The van der Waals surface area contributed by atoms with Gasteiger partial charge in [-0.2, -0.15) is 5.26 Å². The van der Waals surface area contributed by atoms with Crippen LogP contribution in [0.1, 0.15) is 24.0 Å². The summed E-state index contributed by atoms with van der Waals surface area (Å²) in [4.78, 5) is 2.18. The van der Waals surface area contributed by atoms with Crippen molar-refractivity contribution in [3.63, 3.8) is 0 Å². The third-order valence-electron chi connectivity index (χ3n) is 3.07. The zero-order valence-corrected chi connectivity index (χ0v) is 12.2. The van der Waals surface area contributed by atoms with Crippen molar-refractivity contribution in [2.24, 2.45) is 0 Å². The Morgan fingerprint density at radius 2 is 1.89 bits per heavy atom. The minimum absolute atomic E-state index is 0.596. The lowest BCUT2D eigenvalue weighted by Gasteiger charge is -2.19. The molecule has 0 fully saturated rings. The predicted octanol–water partition coefficient (Wildman–Crippen LogP) is 2.75. The van der Waals surface area contributed by atoms with Gasteiger partial charge in [-0.25, -0.2) is 0 Å². The molecule has 4 nitrogen and oxygen atoms in total. The quantitative estimate of drug-likeness (QED) is 0.709. The Morgan fingerprint density at radius 1 is 1.21 bits per heavy atom. The Kier molecular flexibility index (Phi) is 6.17. The van der Waals surface area contributed by atoms with E-state index < -0.39 is 0 Å². The van der Waals surface area contributed by atoms with Crippen LogP contribution < -0.4 is 9.47 Å². The topological polar surface area (TPSA) is 45.5 Å². The van der Waals surface area contributed by atoms with Crippen LogP contribution in [0.25, 0.3) is 0 Å². The first-order valence-corrected chi connectivity index (χ1v) is 6.39. The van der Waals surface area contributed by atoms with Gasteiger partial charge in [0.05, 0.1) is 20.3 Å². The molecule has 1 aromatic rings. The average Bonchev–Trinajstić information content (AvgIpc) is 2.40. The van der Waals surface area contributed by atoms with E-state index in [1.54, 1.807) is 14.2 Å². The van der Waals surface area contributed by atoms with Crippen molar-refractivity contribution >= 4 is 0 Å². The normalized spacial score (nSPS) is 10.3. The largest absolute Gasteiger partial charge is 0.496 e. The van der Waals surface area contributed by atoms with Gasteiger partial charge in [0.1, 0.15) is 11.5 Å². The van der Waals surface area contributed by atoms with Crippen LogP contribution in [0.3, 0.4) is 0 Å². The molecule has 0 aromatic heterocycles. The smallest absolute Gasteiger partial charge is 0.123 e. The van der Waals surface area contributed by atoms with Gasteiger partial charge < -0.3 is 14.4 Å². The van der Waals surface area contributed by atoms with Crippen molar-refractivity contribution in [3.05, 3.63) is 23.3 Å². The zero-order chi connectivity index (χ0) is 14.3. The second-order valence-corrected chi connectivity index (χ2v) is 4.63. The maximum Gasteiger partial charge on any atom is 0.123 e. The highest BCUT2D eigenvalue weighted by molar-refractivity contribution is 5.45. The van der Waals surface area contributed by atoms with Gasteiger partial charge in [-0.1, -0.05) is 0 Å². The van der Waals surface area contributed by atoms with Gasteiger partial charge >= 0.3 is 0 Å². The number of benzene rings is 1. The number of aryl methyl sites for hydroxylation is 1. The average molecular weight is 262 g/mol. The van der Waals surface area contributed by atoms with E-state index in [4.69, 9.17) is 14.7 Å². The first-order chi connectivity index (χ1) is 9.12. The SMILES string of the molecule is COc1cc(CN(C)CCCC#N)c(OC)cc1C. The lowest BCUT2D eigenvalue weighted by molar-refractivity contribution is 0.313. The highest BCUT2D eigenvalue weighted by Crippen LogP contribution is 2.29. The highest BCUT2D eigenvalue weighted by atomic mass is 16.5. The van der Waals surface area contributed by atoms with Crippen molar-refractivity contribution < 1.29 is 9.47 Å². The highest BCUT2D eigenvalue weighted by Gasteiger charge is 2.10. The van der Waals surface area contributed by atoms with Crippen molar-refractivity contribution in [2.75, 3.05) is 27.8 Å². The van der Waals surface area contributed by atoms with Crippen LogP contribution >= 0.6 is 0 Å². The molecular formula is C15H22N2O2. The molecular weight excluding hydrogens is 240 g/mol. The number of nitrogens with zero attached hydrogens (tertiary/aromatic N) is 2. The predicted molar refractivity (Wildman–Crippen MR) is 75.5 cm³/mol. The Morgan fingerprint density at radius 3 is 2.47 bits per heavy atom. The van der Waals surface area contributed by atoms with Gasteiger partial charge in [0.25, 0.3) is 0 Å². The molecule has 0 radical (unpaired) electrons. The summed E-state index contributed by atoms with van der Waals surface area (Å²) in [5.41, 5.74) is 2.17. The molecule has 104 valence electrons. The first kappa shape index (κ1) is 15.3. The van der Waals surface area contributed by atoms with E-state index in [-0.39, 0.29) is 0 Å². The summed E-state index contributed by atoms with van der Waals surface area (Å²) in [6.45, 7) is 3.68. The van der Waals surface area contributed by atoms with Crippen LogP contribution in [-0.4, -0.2) is 32.7 Å². The van der Waals surface area contributed by atoms with Gasteiger partial charge in [0.15, 0.2) is 0 Å². The fourth-order valence-corrected chi connectivity index (χ4v) is 2.04. The Labute approximate surface area is 115 Å². The van der Waals surface area contributed by atoms with Crippen LogP contribution in [0.5, 0.6) is 11.5 Å². The van der Waals surface area contributed by atoms with Crippen molar-refractivity contribution in [3.8, 4) is 17.6 Å². The zero-order valence-electron chi connectivity index (χ0n) is 12.2. The molecule has 0 heterocycles. The molecule has 0 bridgehead atoms. The molecule has 0 aliphatic heterocycles. The Balaban J connectivity index is 2.78. The van der Waals surface area contributed by atoms with Crippen LogP contribution in [0.2, 0.25) is 0 Å². The first-order valence-electron chi connectivity index (χ1n) is 6.39. The fraction of sp³-hybridized carbons (Fsp3) is 0.533. The Bertz CT molecular complexity index is 452. The van der Waals surface area contributed by atoms with E-state index in [0.717, 1.165) is 42.1 Å². The van der Waals surface area contributed by atoms with E-state index in [0.29, 0.717) is 6.42 Å². The van der Waals surface area contributed by atoms with Crippen LogP contribution in [0.15, 0.2) is 12.1 Å². The molecule has 0 saturated heterocycles. The van der Waals surface area contributed by atoms with Gasteiger partial charge in [0, 0.05) is 18.5 Å². The standard InChI is InChI=1S/C15H22N2O2/c1-12-9-15(19-4)13(10-14(12)18-3)11-17(2)8-6-5-7-16/h9-10H,5-6,8,11H2,1-4H3. The molecule has 1 rings (SSSR count). The number of hydrogen-bond acceptors (Lipinski definition) is 4. The van der Waals surface area contributed by atoms with Gasteiger partial charge in [-0.3, -0.25) is 0 Å². The molecule has 0 unspecified atom stereocenters. The summed E-state index contributed by atoms with van der Waals surface area (Å²) < 4.78 is 10.8. The fourth-order valence-electron chi connectivity index (χ4n) is 2.04. The molecule has 0 atom stereocenters. The summed E-state index contributed by atoms with van der Waals surface area (Å²) in [6.07, 6.45) is 1.48. The molecule has 4 heteroatoms. The lowest BCUT2D eigenvalue weighted by Crippen LogP contribution is -2.19. The van der Waals surface area contributed by atoms with Gasteiger partial charge in [-0.05, 0) is 44.6 Å². The number of rotatable bonds is 7. The number of ether oxygens (including phenoxy) is 2. The van der Waals surface area contributed by atoms with E-state index >= 15 is 0 Å². The number of nitriles is 1. The van der Waals surface area contributed by atoms with Crippen molar-refractivity contribution in [2.45, 2.75) is 26.3 Å². The lowest BCUT2D eigenvalue weighted by atomic mass is 10.1. The minimum atomic E-state index is 0.596. The van der Waals surface area contributed by atoms with E-state index in [1.165, 1.54) is 0 Å². The van der Waals surface area contributed by atoms with Crippen LogP contribution in [-0.2, 0) is 6.54 Å². The maximum atomic E-state index is 8.54. The summed E-state index contributed by atoms with van der Waals surface area (Å²) in [5.74, 6) is 1.76. The molecule has 0 aliphatic rings. The molecule has 0 spiro atoms. The number of methoxy groups -OCH3 is 2. The summed E-state index contributed by atoms with van der Waals surface area (Å²) >= 11 is 0. The maximum absolute atomic E-state index is 8.54. The van der Waals surface area contributed by atoms with E-state index in [9.17, 15) is 0 Å². The second kappa shape index (κ2) is 7.65. The van der Waals surface area contributed by atoms with E-state index in [1.807, 2.05) is 26.1 Å². The third-order valence-corrected chi connectivity index (χ3v) is 3.07. The molecule has 1 aromatic carbocycles. The Hall–Kier alpha value is -1.73. The van der Waals surface area contributed by atoms with Crippen LogP contribution in [0.4, 0.5) is 0 Å². The van der Waals surface area contributed by atoms with Crippen molar-refractivity contribution in [1.82, 2.24) is 4.90 Å². The minimum Gasteiger partial charge on any atom is -0.496 e. The van der Waals surface area contributed by atoms with Crippen molar-refractivity contribution in [1.29, 1.82) is 5.26 Å².